The molecule has 7 nitrogen and oxygen atoms in total. The Labute approximate surface area is 176 Å². The molecule has 8 heteroatoms. The van der Waals surface area contributed by atoms with Crippen molar-refractivity contribution in [1.82, 2.24) is 24.6 Å². The van der Waals surface area contributed by atoms with Gasteiger partial charge in [0.15, 0.2) is 5.69 Å². The Morgan fingerprint density at radius 1 is 1.45 bits per heavy atom. The van der Waals surface area contributed by atoms with Crippen LogP contribution in [0.3, 0.4) is 0 Å². The molecule has 4 rings (SSSR count). The molecule has 0 aromatic carbocycles. The lowest BCUT2D eigenvalue weighted by Crippen LogP contribution is -2.42. The first-order valence-corrected chi connectivity index (χ1v) is 11.1. The number of allylic oxidation sites excluding steroid dienone is 1. The summed E-state index contributed by atoms with van der Waals surface area (Å²) in [6, 6.07) is 0.379. The number of carbonyl (C=O) groups excluding carboxylic acids is 1. The lowest BCUT2D eigenvalue weighted by molar-refractivity contribution is 0.0297. The van der Waals surface area contributed by atoms with Gasteiger partial charge in [-0.05, 0) is 33.2 Å². The molecule has 156 valence electrons. The van der Waals surface area contributed by atoms with E-state index in [0.29, 0.717) is 44.6 Å². The van der Waals surface area contributed by atoms with Crippen LogP contribution in [0.5, 0.6) is 0 Å². The van der Waals surface area contributed by atoms with E-state index in [-0.39, 0.29) is 5.91 Å². The van der Waals surface area contributed by atoms with Crippen molar-refractivity contribution in [2.45, 2.75) is 45.3 Å². The first-order valence-electron chi connectivity index (χ1n) is 10.2. The van der Waals surface area contributed by atoms with Gasteiger partial charge >= 0.3 is 0 Å². The van der Waals surface area contributed by atoms with Crippen LogP contribution in [0, 0.1) is 6.92 Å². The number of aromatic nitrogens is 3. The van der Waals surface area contributed by atoms with Gasteiger partial charge in [-0.1, -0.05) is 6.08 Å². The number of hydrogen-bond donors (Lipinski definition) is 0. The quantitative estimate of drug-likeness (QED) is 0.678. The highest BCUT2D eigenvalue weighted by atomic mass is 32.1. The molecule has 1 saturated heterocycles. The second kappa shape index (κ2) is 8.77. The normalized spacial score (nSPS) is 19.4. The van der Waals surface area contributed by atoms with Crippen molar-refractivity contribution in [2.75, 3.05) is 33.4 Å². The fourth-order valence-corrected chi connectivity index (χ4v) is 5.06. The molecule has 0 bridgehead atoms. The summed E-state index contributed by atoms with van der Waals surface area (Å²) in [5.74, 6) is 0.0335. The summed E-state index contributed by atoms with van der Waals surface area (Å²) in [6.45, 7) is 9.82. The van der Waals surface area contributed by atoms with Gasteiger partial charge in [-0.2, -0.15) is 5.10 Å². The maximum absolute atomic E-state index is 13.2. The largest absolute Gasteiger partial charge is 0.378 e. The van der Waals surface area contributed by atoms with Gasteiger partial charge in [0.25, 0.3) is 5.91 Å². The molecule has 0 spiro atoms. The first-order chi connectivity index (χ1) is 14.1. The van der Waals surface area contributed by atoms with Crippen LogP contribution < -0.4 is 0 Å². The molecule has 0 radical (unpaired) electrons. The van der Waals surface area contributed by atoms with Gasteiger partial charge in [0.2, 0.25) is 0 Å². The summed E-state index contributed by atoms with van der Waals surface area (Å²) < 4.78 is 7.37. The average Bonchev–Trinajstić information content (AvgIpc) is 3.31. The molecule has 0 saturated carbocycles. The molecule has 1 atom stereocenters. The number of hydrogen-bond acceptors (Lipinski definition) is 6. The molecule has 0 N–H and O–H groups in total. The fourth-order valence-electron chi connectivity index (χ4n) is 4.22. The molecule has 1 fully saturated rings. The highest BCUT2D eigenvalue weighted by molar-refractivity contribution is 7.09. The molecule has 2 aliphatic rings. The summed E-state index contributed by atoms with van der Waals surface area (Å²) in [5.41, 5.74) is 4.00. The summed E-state index contributed by atoms with van der Waals surface area (Å²) in [7, 11) is 2.16. The number of morpholine rings is 1. The Bertz CT molecular complexity index is 884. The third-order valence-electron chi connectivity index (χ3n) is 5.80. The van der Waals surface area contributed by atoms with Crippen molar-refractivity contribution in [3.8, 4) is 0 Å². The van der Waals surface area contributed by atoms with Crippen LogP contribution in [-0.2, 0) is 30.7 Å². The zero-order valence-corrected chi connectivity index (χ0v) is 18.1. The summed E-state index contributed by atoms with van der Waals surface area (Å²) in [4.78, 5) is 22.0. The number of thiazole rings is 1. The molecule has 1 aliphatic heterocycles. The minimum absolute atomic E-state index is 0.0335. The topological polar surface area (TPSA) is 63.5 Å². The molecule has 2 aromatic heterocycles. The maximum atomic E-state index is 13.2. The Kier molecular flexibility index (Phi) is 6.12. The number of rotatable bonds is 6. The highest BCUT2D eigenvalue weighted by Gasteiger charge is 2.32. The van der Waals surface area contributed by atoms with E-state index < -0.39 is 0 Å². The van der Waals surface area contributed by atoms with E-state index in [2.05, 4.69) is 28.9 Å². The van der Waals surface area contributed by atoms with E-state index in [1.165, 1.54) is 5.69 Å². The lowest BCUT2D eigenvalue weighted by atomic mass is 9.90. The van der Waals surface area contributed by atoms with Crippen LogP contribution in [0.15, 0.2) is 18.0 Å². The number of ether oxygens (including phenoxy) is 1. The van der Waals surface area contributed by atoms with Gasteiger partial charge < -0.3 is 9.64 Å². The van der Waals surface area contributed by atoms with Crippen LogP contribution in [0.1, 0.15) is 38.9 Å². The van der Waals surface area contributed by atoms with Gasteiger partial charge in [0.05, 0.1) is 26.3 Å². The molecular formula is C21H29N5O2S. The minimum Gasteiger partial charge on any atom is -0.378 e. The van der Waals surface area contributed by atoms with Crippen molar-refractivity contribution in [2.24, 2.45) is 0 Å². The van der Waals surface area contributed by atoms with E-state index in [4.69, 9.17) is 9.84 Å². The summed E-state index contributed by atoms with van der Waals surface area (Å²) >= 11 is 1.71. The zero-order chi connectivity index (χ0) is 20.4. The second-order valence-corrected chi connectivity index (χ2v) is 8.79. The fraction of sp³-hybridized carbons (Fsp3) is 0.571. The van der Waals surface area contributed by atoms with Gasteiger partial charge in [-0.3, -0.25) is 14.4 Å². The Hall–Kier alpha value is -2.03. The monoisotopic (exact) mass is 415 g/mol. The molecule has 1 amide bonds. The predicted molar refractivity (Wildman–Crippen MR) is 113 cm³/mol. The number of aryl methyl sites for hydroxylation is 1. The average molecular weight is 416 g/mol. The van der Waals surface area contributed by atoms with Crippen LogP contribution in [0.25, 0.3) is 0 Å². The van der Waals surface area contributed by atoms with Gasteiger partial charge in [0.1, 0.15) is 5.01 Å². The van der Waals surface area contributed by atoms with E-state index in [0.717, 1.165) is 42.1 Å². The van der Waals surface area contributed by atoms with Crippen LogP contribution >= 0.6 is 11.3 Å². The Balaban J connectivity index is 1.56. The van der Waals surface area contributed by atoms with Crippen molar-refractivity contribution in [1.29, 1.82) is 0 Å². The molecule has 29 heavy (non-hydrogen) atoms. The molecule has 3 heterocycles. The maximum Gasteiger partial charge on any atom is 0.274 e. The summed E-state index contributed by atoms with van der Waals surface area (Å²) in [6.07, 6.45) is 4.68. The van der Waals surface area contributed by atoms with E-state index in [9.17, 15) is 4.79 Å². The molecule has 1 aliphatic carbocycles. The molecular weight excluding hydrogens is 386 g/mol. The van der Waals surface area contributed by atoms with Crippen LogP contribution in [-0.4, -0.2) is 69.9 Å². The van der Waals surface area contributed by atoms with E-state index >= 15 is 0 Å². The predicted octanol–water partition coefficient (Wildman–Crippen LogP) is 2.30. The van der Waals surface area contributed by atoms with Crippen molar-refractivity contribution in [3.05, 3.63) is 45.7 Å². The number of likely N-dealkylation sites (N-methyl/N-ethyl adjacent to an activating group) is 1. The lowest BCUT2D eigenvalue weighted by Gasteiger charge is -2.31. The number of amides is 1. The third-order valence-corrected chi connectivity index (χ3v) is 6.75. The van der Waals surface area contributed by atoms with Gasteiger partial charge in [-0.25, -0.2) is 4.98 Å². The third kappa shape index (κ3) is 4.29. The van der Waals surface area contributed by atoms with Crippen molar-refractivity contribution in [3.63, 3.8) is 0 Å². The highest BCUT2D eigenvalue weighted by Crippen LogP contribution is 2.29. The van der Waals surface area contributed by atoms with E-state index in [1.807, 2.05) is 22.6 Å². The minimum atomic E-state index is 0.0335. The van der Waals surface area contributed by atoms with E-state index in [1.54, 1.807) is 11.3 Å². The number of nitrogens with zero attached hydrogens (tertiary/aromatic N) is 5. The van der Waals surface area contributed by atoms with Gasteiger partial charge in [-0.15, -0.1) is 17.9 Å². The number of carbonyl (C=O) groups is 1. The SMILES string of the molecule is C=CCn1nc(C(=O)N2CCOCC2)c2c1CCC(N(C)Cc1nc(C)cs1)C2. The Morgan fingerprint density at radius 2 is 2.24 bits per heavy atom. The van der Waals surface area contributed by atoms with Gasteiger partial charge in [0, 0.05) is 41.5 Å². The summed E-state index contributed by atoms with van der Waals surface area (Å²) in [5, 5.41) is 7.96. The molecule has 1 unspecified atom stereocenters. The van der Waals surface area contributed by atoms with Crippen LogP contribution in [0.2, 0.25) is 0 Å². The number of fused-ring (bicyclic) bond motifs is 1. The molecule has 2 aromatic rings. The first kappa shape index (κ1) is 20.3. The Morgan fingerprint density at radius 3 is 2.93 bits per heavy atom. The standard InChI is InChI=1S/C21H29N5O2S/c1-4-7-26-18-6-5-16(24(3)13-19-22-15(2)14-29-19)12-17(18)20(23-26)21(27)25-8-10-28-11-9-25/h4,14,16H,1,5-13H2,2-3H3. The van der Waals surface area contributed by atoms with Crippen LogP contribution in [0.4, 0.5) is 0 Å². The smallest absolute Gasteiger partial charge is 0.274 e. The second-order valence-electron chi connectivity index (χ2n) is 7.84. The van der Waals surface area contributed by atoms with Crippen molar-refractivity contribution < 1.29 is 9.53 Å². The zero-order valence-electron chi connectivity index (χ0n) is 17.3. The van der Waals surface area contributed by atoms with Crippen molar-refractivity contribution >= 4 is 17.2 Å².